The maximum atomic E-state index is 5.98. The quantitative estimate of drug-likeness (QED) is 0.873. The molecule has 0 spiro atoms. The van der Waals surface area contributed by atoms with Gasteiger partial charge in [-0.05, 0) is 46.1 Å². The van der Waals surface area contributed by atoms with Crippen LogP contribution in [0.1, 0.15) is 45.2 Å². The Labute approximate surface area is 127 Å². The number of nitrogens with two attached hydrogens (primary N) is 1. The minimum atomic E-state index is 0.449. The Morgan fingerprint density at radius 2 is 2.05 bits per heavy atom. The number of anilines is 1. The molecule has 2 rings (SSSR count). The molecule has 0 amide bonds. The largest absolute Gasteiger partial charge is 0.478 e. The minimum absolute atomic E-state index is 0.449. The molecule has 5 heteroatoms. The lowest BCUT2D eigenvalue weighted by molar-refractivity contribution is 0.295. The SMILES string of the molecule is CCOc1cc(C)nc(N(CC)C2CCCCC2CN)n1. The van der Waals surface area contributed by atoms with E-state index >= 15 is 0 Å². The Balaban J connectivity index is 2.27. The average molecular weight is 292 g/mol. The summed E-state index contributed by atoms with van der Waals surface area (Å²) < 4.78 is 5.56. The third-order valence-electron chi connectivity index (χ3n) is 4.28. The van der Waals surface area contributed by atoms with Crippen molar-refractivity contribution in [1.82, 2.24) is 9.97 Å². The molecule has 2 atom stereocenters. The summed E-state index contributed by atoms with van der Waals surface area (Å²) >= 11 is 0. The number of nitrogens with zero attached hydrogens (tertiary/aromatic N) is 3. The molecule has 1 aliphatic rings. The molecular formula is C16H28N4O. The maximum Gasteiger partial charge on any atom is 0.229 e. The lowest BCUT2D eigenvalue weighted by Crippen LogP contribution is -2.46. The van der Waals surface area contributed by atoms with E-state index in [0.29, 0.717) is 24.4 Å². The lowest BCUT2D eigenvalue weighted by Gasteiger charge is -2.39. The zero-order chi connectivity index (χ0) is 15.2. The first kappa shape index (κ1) is 16.0. The third-order valence-corrected chi connectivity index (χ3v) is 4.28. The topological polar surface area (TPSA) is 64.3 Å². The summed E-state index contributed by atoms with van der Waals surface area (Å²) in [5, 5.41) is 0. The van der Waals surface area contributed by atoms with Crippen LogP contribution in [0.4, 0.5) is 5.95 Å². The van der Waals surface area contributed by atoms with Crippen LogP contribution in [-0.2, 0) is 0 Å². The molecule has 118 valence electrons. The van der Waals surface area contributed by atoms with Crippen LogP contribution in [0, 0.1) is 12.8 Å². The Kier molecular flexibility index (Phi) is 5.79. The molecule has 1 aliphatic carbocycles. The van der Waals surface area contributed by atoms with Gasteiger partial charge in [0.25, 0.3) is 0 Å². The highest BCUT2D eigenvalue weighted by atomic mass is 16.5. The van der Waals surface area contributed by atoms with Crippen molar-refractivity contribution < 1.29 is 4.74 Å². The summed E-state index contributed by atoms with van der Waals surface area (Å²) in [6.07, 6.45) is 4.94. The minimum Gasteiger partial charge on any atom is -0.478 e. The van der Waals surface area contributed by atoms with E-state index in [0.717, 1.165) is 24.7 Å². The normalized spacial score (nSPS) is 22.1. The Morgan fingerprint density at radius 1 is 1.29 bits per heavy atom. The van der Waals surface area contributed by atoms with Gasteiger partial charge in [-0.1, -0.05) is 12.8 Å². The highest BCUT2D eigenvalue weighted by molar-refractivity contribution is 5.36. The van der Waals surface area contributed by atoms with Crippen LogP contribution in [0.25, 0.3) is 0 Å². The first-order valence-corrected chi connectivity index (χ1v) is 8.14. The molecule has 2 N–H and O–H groups in total. The van der Waals surface area contributed by atoms with E-state index in [2.05, 4.69) is 21.8 Å². The summed E-state index contributed by atoms with van der Waals surface area (Å²) in [6, 6.07) is 2.34. The van der Waals surface area contributed by atoms with Crippen molar-refractivity contribution in [2.45, 2.75) is 52.5 Å². The van der Waals surface area contributed by atoms with Crippen LogP contribution in [0.15, 0.2) is 6.07 Å². The van der Waals surface area contributed by atoms with Crippen LogP contribution in [0.2, 0.25) is 0 Å². The van der Waals surface area contributed by atoms with Crippen molar-refractivity contribution in [1.29, 1.82) is 0 Å². The van der Waals surface area contributed by atoms with E-state index < -0.39 is 0 Å². The fourth-order valence-corrected chi connectivity index (χ4v) is 3.27. The van der Waals surface area contributed by atoms with Crippen molar-refractivity contribution in [2.24, 2.45) is 11.7 Å². The molecule has 5 nitrogen and oxygen atoms in total. The molecule has 1 saturated carbocycles. The van der Waals surface area contributed by atoms with Gasteiger partial charge in [0.1, 0.15) is 0 Å². The van der Waals surface area contributed by atoms with Gasteiger partial charge in [-0.15, -0.1) is 0 Å². The van der Waals surface area contributed by atoms with Gasteiger partial charge in [0.15, 0.2) is 0 Å². The fraction of sp³-hybridized carbons (Fsp3) is 0.750. The molecular weight excluding hydrogens is 264 g/mol. The molecule has 21 heavy (non-hydrogen) atoms. The van der Waals surface area contributed by atoms with Crippen LogP contribution in [0.3, 0.4) is 0 Å². The number of ether oxygens (including phenoxy) is 1. The summed E-state index contributed by atoms with van der Waals surface area (Å²) in [4.78, 5) is 11.5. The van der Waals surface area contributed by atoms with Crippen LogP contribution in [0.5, 0.6) is 5.88 Å². The maximum absolute atomic E-state index is 5.98. The average Bonchev–Trinajstić information content (AvgIpc) is 2.48. The first-order valence-electron chi connectivity index (χ1n) is 8.14. The zero-order valence-corrected chi connectivity index (χ0v) is 13.5. The zero-order valence-electron chi connectivity index (χ0n) is 13.5. The lowest BCUT2D eigenvalue weighted by atomic mass is 9.83. The van der Waals surface area contributed by atoms with Gasteiger partial charge >= 0.3 is 0 Å². The van der Waals surface area contributed by atoms with E-state index in [1.165, 1.54) is 25.7 Å². The van der Waals surface area contributed by atoms with E-state index in [1.54, 1.807) is 0 Å². The second-order valence-corrected chi connectivity index (χ2v) is 5.71. The molecule has 1 aromatic heterocycles. The Morgan fingerprint density at radius 3 is 2.71 bits per heavy atom. The van der Waals surface area contributed by atoms with Gasteiger partial charge in [0.2, 0.25) is 11.8 Å². The molecule has 0 radical (unpaired) electrons. The fourth-order valence-electron chi connectivity index (χ4n) is 3.27. The summed E-state index contributed by atoms with van der Waals surface area (Å²) in [6.45, 7) is 8.38. The van der Waals surface area contributed by atoms with Gasteiger partial charge in [-0.25, -0.2) is 4.98 Å². The predicted molar refractivity (Wildman–Crippen MR) is 85.8 cm³/mol. The van der Waals surface area contributed by atoms with E-state index in [1.807, 2.05) is 19.9 Å². The Hall–Kier alpha value is -1.36. The molecule has 1 fully saturated rings. The van der Waals surface area contributed by atoms with Crippen LogP contribution in [-0.4, -0.2) is 35.7 Å². The molecule has 1 aromatic rings. The van der Waals surface area contributed by atoms with Crippen molar-refractivity contribution in [2.75, 3.05) is 24.6 Å². The van der Waals surface area contributed by atoms with Gasteiger partial charge in [-0.2, -0.15) is 4.98 Å². The van der Waals surface area contributed by atoms with Crippen molar-refractivity contribution in [3.8, 4) is 5.88 Å². The number of hydrogen-bond donors (Lipinski definition) is 1. The van der Waals surface area contributed by atoms with E-state index in [4.69, 9.17) is 10.5 Å². The monoisotopic (exact) mass is 292 g/mol. The summed E-state index contributed by atoms with van der Waals surface area (Å²) in [5.41, 5.74) is 6.93. The predicted octanol–water partition coefficient (Wildman–Crippen LogP) is 2.53. The molecule has 1 heterocycles. The standard InChI is InChI=1S/C16H28N4O/c1-4-20(14-9-7-6-8-13(14)11-17)16-18-12(3)10-15(19-16)21-5-2/h10,13-14H,4-9,11,17H2,1-3H3. The van der Waals surface area contributed by atoms with Crippen LogP contribution < -0.4 is 15.4 Å². The van der Waals surface area contributed by atoms with Gasteiger partial charge in [0, 0.05) is 24.3 Å². The van der Waals surface area contributed by atoms with Gasteiger partial charge < -0.3 is 15.4 Å². The second kappa shape index (κ2) is 7.59. The van der Waals surface area contributed by atoms with Gasteiger partial charge in [-0.3, -0.25) is 0 Å². The molecule has 0 bridgehead atoms. The number of aryl methyl sites for hydroxylation is 1. The van der Waals surface area contributed by atoms with Crippen LogP contribution >= 0.6 is 0 Å². The van der Waals surface area contributed by atoms with Gasteiger partial charge in [0.05, 0.1) is 6.61 Å². The Bertz CT molecular complexity index is 452. The number of hydrogen-bond acceptors (Lipinski definition) is 5. The second-order valence-electron chi connectivity index (χ2n) is 5.71. The molecule has 0 saturated heterocycles. The van der Waals surface area contributed by atoms with Crippen molar-refractivity contribution in [3.05, 3.63) is 11.8 Å². The molecule has 0 aromatic carbocycles. The highest BCUT2D eigenvalue weighted by Crippen LogP contribution is 2.30. The third kappa shape index (κ3) is 3.84. The number of rotatable bonds is 6. The van der Waals surface area contributed by atoms with Crippen molar-refractivity contribution >= 4 is 5.95 Å². The first-order chi connectivity index (χ1) is 10.2. The molecule has 2 unspecified atom stereocenters. The summed E-state index contributed by atoms with van der Waals surface area (Å²) in [7, 11) is 0. The van der Waals surface area contributed by atoms with E-state index in [9.17, 15) is 0 Å². The highest BCUT2D eigenvalue weighted by Gasteiger charge is 2.30. The summed E-state index contributed by atoms with van der Waals surface area (Å²) in [5.74, 6) is 1.99. The number of aromatic nitrogens is 2. The van der Waals surface area contributed by atoms with E-state index in [-0.39, 0.29) is 0 Å². The smallest absolute Gasteiger partial charge is 0.229 e. The molecule has 0 aliphatic heterocycles. The van der Waals surface area contributed by atoms with Crippen molar-refractivity contribution in [3.63, 3.8) is 0 Å².